The normalized spacial score (nSPS) is 13.8. The molecular weight excluding hydrogens is 572 g/mol. The molecule has 1 saturated heterocycles. The first-order valence-corrected chi connectivity index (χ1v) is 16.8. The molecule has 1 aromatic heterocycles. The van der Waals surface area contributed by atoms with Gasteiger partial charge in [0.05, 0.1) is 11.0 Å². The summed E-state index contributed by atoms with van der Waals surface area (Å²) in [5.74, 6) is 1.13. The van der Waals surface area contributed by atoms with Crippen LogP contribution in [0.1, 0.15) is 59.1 Å². The second-order valence-corrected chi connectivity index (χ2v) is 12.4. The van der Waals surface area contributed by atoms with Gasteiger partial charge < -0.3 is 25.8 Å². The van der Waals surface area contributed by atoms with Crippen LogP contribution in [0, 0.1) is 12.3 Å². The van der Waals surface area contributed by atoms with E-state index in [-0.39, 0.29) is 11.7 Å². The Kier molecular flexibility index (Phi) is 11.4. The number of carbonyl (C=O) groups is 1. The van der Waals surface area contributed by atoms with Gasteiger partial charge in [0.2, 0.25) is 0 Å². The van der Waals surface area contributed by atoms with E-state index in [9.17, 15) is 4.79 Å². The molecule has 5 rings (SSSR count). The van der Waals surface area contributed by atoms with Crippen LogP contribution in [-0.4, -0.2) is 83.5 Å². The predicted molar refractivity (Wildman–Crippen MR) is 189 cm³/mol. The average Bonchev–Trinajstić information content (AvgIpc) is 3.42. The molecule has 9 nitrogen and oxygen atoms in total. The fourth-order valence-corrected chi connectivity index (χ4v) is 6.45. The summed E-state index contributed by atoms with van der Waals surface area (Å²) in [4.78, 5) is 25.5. The first-order chi connectivity index (χ1) is 22.4. The van der Waals surface area contributed by atoms with Crippen LogP contribution in [0.25, 0.3) is 11.0 Å². The van der Waals surface area contributed by atoms with E-state index in [1.54, 1.807) is 0 Å². The Labute approximate surface area is 273 Å². The summed E-state index contributed by atoms with van der Waals surface area (Å²) in [5.41, 5.74) is 18.7. The minimum atomic E-state index is 0.0206. The van der Waals surface area contributed by atoms with Crippen LogP contribution in [0.4, 0.5) is 5.69 Å². The molecule has 4 aromatic rings. The molecule has 5 N–H and O–H groups in total. The van der Waals surface area contributed by atoms with Gasteiger partial charge in [0.1, 0.15) is 11.7 Å². The maximum atomic E-state index is 13.4. The first kappa shape index (κ1) is 33.2. The van der Waals surface area contributed by atoms with Crippen LogP contribution in [0.15, 0.2) is 66.7 Å². The third-order valence-electron chi connectivity index (χ3n) is 9.13. The second-order valence-electron chi connectivity index (χ2n) is 12.4. The molecule has 46 heavy (non-hydrogen) atoms. The lowest BCUT2D eigenvalue weighted by molar-refractivity contribution is 0.0758. The maximum absolute atomic E-state index is 13.4. The lowest BCUT2D eigenvalue weighted by atomic mass is 10.1. The van der Waals surface area contributed by atoms with Crippen LogP contribution in [-0.2, 0) is 19.4 Å². The summed E-state index contributed by atoms with van der Waals surface area (Å²) < 4.78 is 2.35. The van der Waals surface area contributed by atoms with Crippen molar-refractivity contribution in [3.05, 3.63) is 94.8 Å². The highest BCUT2D eigenvalue weighted by Gasteiger charge is 2.20. The number of imidazole rings is 1. The van der Waals surface area contributed by atoms with Crippen molar-refractivity contribution in [2.24, 2.45) is 11.5 Å². The molecule has 3 aromatic carbocycles. The quantitative estimate of drug-likeness (QED) is 0.129. The van der Waals surface area contributed by atoms with Gasteiger partial charge in [-0.25, -0.2) is 4.98 Å². The highest BCUT2D eigenvalue weighted by molar-refractivity contribution is 5.97. The van der Waals surface area contributed by atoms with Gasteiger partial charge in [-0.3, -0.25) is 15.1 Å². The standard InChI is InChI=1S/C37H50N8O/c1-3-4-20-44(22-18-38)37(46)31-15-16-34-32(27-31)41-35(17-12-29-10-13-30(14-11-29)36(39)40)45(34)21-7-19-42-23-25-43(26-24-42)33-9-6-5-8-28(33)2/h5-6,8-11,13-16,27H,3-4,7,12,17-26,38H2,1-2H3,(H3,39,40). The second kappa shape index (κ2) is 15.9. The molecule has 2 heterocycles. The van der Waals surface area contributed by atoms with E-state index < -0.39 is 0 Å². The number of carbonyl (C=O) groups excluding carboxylic acids is 1. The molecule has 1 aliphatic heterocycles. The number of hydrogen-bond donors (Lipinski definition) is 3. The first-order valence-electron chi connectivity index (χ1n) is 16.8. The Balaban J connectivity index is 1.30. The van der Waals surface area contributed by atoms with Crippen molar-refractivity contribution in [2.45, 2.75) is 52.5 Å². The number of amides is 1. The Bertz CT molecular complexity index is 1600. The van der Waals surface area contributed by atoms with Crippen molar-refractivity contribution in [3.63, 3.8) is 0 Å². The monoisotopic (exact) mass is 622 g/mol. The Morgan fingerprint density at radius 3 is 2.35 bits per heavy atom. The molecule has 1 amide bonds. The molecule has 0 aliphatic carbocycles. The Morgan fingerprint density at radius 1 is 0.913 bits per heavy atom. The number of nitrogens with zero attached hydrogens (tertiary/aromatic N) is 5. The SMILES string of the molecule is CCCCN(CCN)C(=O)c1ccc2c(c1)nc(CCc1ccc(C(=N)N)cc1)n2CCCN1CCN(c2ccccc2C)CC1. The number of nitrogens with one attached hydrogen (secondary N) is 1. The number of amidine groups is 1. The summed E-state index contributed by atoms with van der Waals surface area (Å²) in [6.07, 6.45) is 4.62. The fourth-order valence-electron chi connectivity index (χ4n) is 6.45. The number of aromatic nitrogens is 2. The number of fused-ring (bicyclic) bond motifs is 1. The van der Waals surface area contributed by atoms with Crippen molar-refractivity contribution in [1.29, 1.82) is 5.41 Å². The number of para-hydroxylation sites is 1. The van der Waals surface area contributed by atoms with Crippen LogP contribution in [0.3, 0.4) is 0 Å². The lowest BCUT2D eigenvalue weighted by Gasteiger charge is -2.36. The van der Waals surface area contributed by atoms with E-state index in [4.69, 9.17) is 21.9 Å². The number of hydrogen-bond acceptors (Lipinski definition) is 6. The molecule has 0 atom stereocenters. The molecule has 1 aliphatic rings. The van der Waals surface area contributed by atoms with Gasteiger partial charge in [0.15, 0.2) is 0 Å². The van der Waals surface area contributed by atoms with Crippen LogP contribution >= 0.6 is 0 Å². The van der Waals surface area contributed by atoms with E-state index in [0.29, 0.717) is 25.2 Å². The molecule has 0 saturated carbocycles. The number of rotatable bonds is 15. The van der Waals surface area contributed by atoms with Crippen molar-refractivity contribution in [3.8, 4) is 0 Å². The van der Waals surface area contributed by atoms with Gasteiger partial charge >= 0.3 is 0 Å². The number of aryl methyl sites for hydroxylation is 4. The maximum Gasteiger partial charge on any atom is 0.253 e. The van der Waals surface area contributed by atoms with E-state index in [1.165, 1.54) is 16.8 Å². The third-order valence-corrected chi connectivity index (χ3v) is 9.13. The molecule has 9 heteroatoms. The minimum Gasteiger partial charge on any atom is -0.384 e. The van der Waals surface area contributed by atoms with E-state index in [0.717, 1.165) is 93.8 Å². The van der Waals surface area contributed by atoms with Gasteiger partial charge in [-0.15, -0.1) is 0 Å². The number of nitrogen functional groups attached to an aromatic ring is 1. The van der Waals surface area contributed by atoms with Gasteiger partial charge in [0.25, 0.3) is 5.91 Å². The van der Waals surface area contributed by atoms with Crippen molar-refractivity contribution < 1.29 is 4.79 Å². The molecular formula is C37H50N8O. The van der Waals surface area contributed by atoms with Gasteiger partial charge in [-0.1, -0.05) is 55.8 Å². The predicted octanol–water partition coefficient (Wildman–Crippen LogP) is 4.83. The highest BCUT2D eigenvalue weighted by atomic mass is 16.2. The zero-order chi connectivity index (χ0) is 32.5. The van der Waals surface area contributed by atoms with Crippen molar-refractivity contribution >= 4 is 28.5 Å². The summed E-state index contributed by atoms with van der Waals surface area (Å²) in [6.45, 7) is 12.2. The summed E-state index contributed by atoms with van der Waals surface area (Å²) in [7, 11) is 0. The van der Waals surface area contributed by atoms with E-state index in [1.807, 2.05) is 41.3 Å². The van der Waals surface area contributed by atoms with E-state index in [2.05, 4.69) is 58.5 Å². The summed E-state index contributed by atoms with van der Waals surface area (Å²) in [5, 5.41) is 7.68. The molecule has 0 unspecified atom stereocenters. The van der Waals surface area contributed by atoms with Gasteiger partial charge in [-0.2, -0.15) is 0 Å². The number of unbranched alkanes of at least 4 members (excludes halogenated alkanes) is 1. The lowest BCUT2D eigenvalue weighted by Crippen LogP contribution is -2.47. The van der Waals surface area contributed by atoms with Crippen molar-refractivity contribution in [2.75, 3.05) is 57.3 Å². The topological polar surface area (TPSA) is 120 Å². The summed E-state index contributed by atoms with van der Waals surface area (Å²) >= 11 is 0. The van der Waals surface area contributed by atoms with Crippen molar-refractivity contribution in [1.82, 2.24) is 19.4 Å². The van der Waals surface area contributed by atoms with Crippen LogP contribution in [0.2, 0.25) is 0 Å². The zero-order valence-corrected chi connectivity index (χ0v) is 27.5. The molecule has 0 bridgehead atoms. The third kappa shape index (κ3) is 8.13. The van der Waals surface area contributed by atoms with Crippen LogP contribution in [0.5, 0.6) is 0 Å². The number of benzene rings is 3. The molecule has 0 radical (unpaired) electrons. The zero-order valence-electron chi connectivity index (χ0n) is 27.5. The summed E-state index contributed by atoms with van der Waals surface area (Å²) in [6, 6.07) is 22.5. The van der Waals surface area contributed by atoms with Gasteiger partial charge in [0, 0.05) is 75.6 Å². The molecule has 0 spiro atoms. The number of nitrogens with two attached hydrogens (primary N) is 2. The number of anilines is 1. The largest absolute Gasteiger partial charge is 0.384 e. The average molecular weight is 623 g/mol. The smallest absolute Gasteiger partial charge is 0.253 e. The highest BCUT2D eigenvalue weighted by Crippen LogP contribution is 2.23. The van der Waals surface area contributed by atoms with Crippen LogP contribution < -0.4 is 16.4 Å². The Morgan fingerprint density at radius 2 is 1.65 bits per heavy atom. The Hall–Kier alpha value is -4.21. The minimum absolute atomic E-state index is 0.0206. The van der Waals surface area contributed by atoms with Gasteiger partial charge in [-0.05, 0) is 68.1 Å². The fraction of sp³-hybridized carbons (Fsp3) is 0.432. The van der Waals surface area contributed by atoms with E-state index >= 15 is 0 Å². The molecule has 244 valence electrons. The molecule has 1 fully saturated rings. The number of piperazine rings is 1.